The summed E-state index contributed by atoms with van der Waals surface area (Å²) in [7, 11) is -1.05. The van der Waals surface area contributed by atoms with E-state index in [1.54, 1.807) is 23.5 Å². The third kappa shape index (κ3) is 5.43. The number of imidazole rings is 1. The van der Waals surface area contributed by atoms with Crippen LogP contribution in [0.4, 0.5) is 0 Å². The summed E-state index contributed by atoms with van der Waals surface area (Å²) in [5, 5.41) is 2.13. The van der Waals surface area contributed by atoms with Gasteiger partial charge in [0.25, 0.3) is 0 Å². The molecule has 0 atom stereocenters. The molecule has 1 aromatic heterocycles. The van der Waals surface area contributed by atoms with Gasteiger partial charge in [-0.2, -0.15) is 4.73 Å². The number of hydrogen-bond acceptors (Lipinski definition) is 4. The van der Waals surface area contributed by atoms with Crippen molar-refractivity contribution in [3.8, 4) is 0 Å². The van der Waals surface area contributed by atoms with E-state index in [9.17, 15) is 0 Å². The van der Waals surface area contributed by atoms with E-state index >= 15 is 0 Å². The van der Waals surface area contributed by atoms with Gasteiger partial charge in [-0.1, -0.05) is 38.3 Å². The Balaban J connectivity index is 2.77. The molecule has 110 valence electrons. The molecular formula is C13H26N2OS2Si. The number of rotatable bonds is 8. The molecule has 0 aliphatic rings. The van der Waals surface area contributed by atoms with Crippen molar-refractivity contribution in [2.75, 3.05) is 18.6 Å². The van der Waals surface area contributed by atoms with Gasteiger partial charge in [-0.25, -0.2) is 4.98 Å². The van der Waals surface area contributed by atoms with Gasteiger partial charge in [0.1, 0.15) is 11.6 Å². The third-order valence-corrected chi connectivity index (χ3v) is 6.31. The van der Waals surface area contributed by atoms with Gasteiger partial charge in [-0.15, -0.1) is 11.8 Å². The summed E-state index contributed by atoms with van der Waals surface area (Å²) in [4.78, 5) is 10.6. The Bertz CT molecular complexity index is 402. The van der Waals surface area contributed by atoms with Gasteiger partial charge in [0.15, 0.2) is 0 Å². The van der Waals surface area contributed by atoms with E-state index in [4.69, 9.17) is 4.84 Å². The summed E-state index contributed by atoms with van der Waals surface area (Å²) in [6.07, 6.45) is 3.23. The van der Waals surface area contributed by atoms with Crippen LogP contribution in [0, 0.1) is 6.92 Å². The highest BCUT2D eigenvalue weighted by molar-refractivity contribution is 7.99. The zero-order valence-corrected chi connectivity index (χ0v) is 15.6. The molecule has 0 fully saturated rings. The lowest BCUT2D eigenvalue weighted by Gasteiger charge is -2.17. The number of hydrogen-bond donors (Lipinski definition) is 0. The molecule has 0 bridgehead atoms. The van der Waals surface area contributed by atoms with Crippen LogP contribution in [0.1, 0.15) is 19.0 Å². The van der Waals surface area contributed by atoms with Gasteiger partial charge in [0.05, 0.1) is 5.69 Å². The summed E-state index contributed by atoms with van der Waals surface area (Å²) in [5.41, 5.74) is 1.07. The molecule has 1 heterocycles. The quantitative estimate of drug-likeness (QED) is 0.531. The second-order valence-corrected chi connectivity index (χ2v) is 13.3. The second kappa shape index (κ2) is 7.64. The van der Waals surface area contributed by atoms with E-state index in [2.05, 4.69) is 44.7 Å². The maximum absolute atomic E-state index is 6.00. The summed E-state index contributed by atoms with van der Waals surface area (Å²) < 4.78 is 1.94. The Morgan fingerprint density at radius 2 is 2.00 bits per heavy atom. The van der Waals surface area contributed by atoms with Crippen molar-refractivity contribution < 1.29 is 4.84 Å². The van der Waals surface area contributed by atoms with Gasteiger partial charge < -0.3 is 4.84 Å². The molecule has 0 radical (unpaired) electrons. The van der Waals surface area contributed by atoms with Crippen molar-refractivity contribution >= 4 is 31.6 Å². The summed E-state index contributed by atoms with van der Waals surface area (Å²) >= 11 is 3.49. The van der Waals surface area contributed by atoms with Crippen molar-refractivity contribution in [2.45, 2.75) is 56.1 Å². The van der Waals surface area contributed by atoms with Crippen LogP contribution < -0.4 is 4.84 Å². The first-order valence-electron chi connectivity index (χ1n) is 6.78. The van der Waals surface area contributed by atoms with Crippen LogP contribution in [-0.4, -0.2) is 36.4 Å². The van der Waals surface area contributed by atoms with Crippen LogP contribution in [0.3, 0.4) is 0 Å². The molecule has 0 spiro atoms. The summed E-state index contributed by atoms with van der Waals surface area (Å²) in [5.74, 6) is 1.08. The largest absolute Gasteiger partial charge is 0.411 e. The van der Waals surface area contributed by atoms with Crippen molar-refractivity contribution in [1.82, 2.24) is 9.71 Å². The van der Waals surface area contributed by atoms with Crippen LogP contribution in [-0.2, 0) is 0 Å². The van der Waals surface area contributed by atoms with Crippen LogP contribution >= 0.6 is 23.5 Å². The fourth-order valence-electron chi connectivity index (χ4n) is 1.54. The highest BCUT2D eigenvalue weighted by atomic mass is 32.2. The number of aromatic nitrogens is 2. The average molecular weight is 319 g/mol. The maximum atomic E-state index is 6.00. The van der Waals surface area contributed by atoms with Gasteiger partial charge in [0, 0.05) is 13.8 Å². The third-order valence-electron chi connectivity index (χ3n) is 2.63. The first-order chi connectivity index (χ1) is 8.89. The molecule has 0 amide bonds. The lowest BCUT2D eigenvalue weighted by atomic mass is 10.6. The molecule has 6 heteroatoms. The van der Waals surface area contributed by atoms with Crippen LogP contribution in [0.5, 0.6) is 0 Å². The van der Waals surface area contributed by atoms with E-state index in [1.165, 1.54) is 6.04 Å². The van der Waals surface area contributed by atoms with Gasteiger partial charge in [-0.3, -0.25) is 0 Å². The fourth-order valence-corrected chi connectivity index (χ4v) is 3.80. The Morgan fingerprint density at radius 1 is 1.32 bits per heavy atom. The number of aryl methyl sites for hydroxylation is 1. The summed E-state index contributed by atoms with van der Waals surface area (Å²) in [6.45, 7) is 12.2. The monoisotopic (exact) mass is 318 g/mol. The smallest absolute Gasteiger partial charge is 0.204 e. The topological polar surface area (TPSA) is 27.1 Å². The Morgan fingerprint density at radius 3 is 2.53 bits per heavy atom. The molecule has 19 heavy (non-hydrogen) atoms. The zero-order chi connectivity index (χ0) is 14.5. The van der Waals surface area contributed by atoms with Crippen LogP contribution in [0.15, 0.2) is 10.2 Å². The van der Waals surface area contributed by atoms with E-state index < -0.39 is 8.07 Å². The van der Waals surface area contributed by atoms with Crippen molar-refractivity contribution in [3.63, 3.8) is 0 Å². The predicted octanol–water partition coefficient (Wildman–Crippen LogP) is 4.18. The molecule has 0 saturated heterocycles. The van der Waals surface area contributed by atoms with E-state index in [0.29, 0.717) is 0 Å². The standard InChI is InChI=1S/C13H26N2OS2Si/c1-7-9-18-13-14-11(2)12(17-3)15(13)16-8-10-19(4,5)6/h7-10H2,1-6H3. The number of nitrogens with zero attached hydrogens (tertiary/aromatic N) is 2. The highest BCUT2D eigenvalue weighted by Crippen LogP contribution is 2.26. The zero-order valence-electron chi connectivity index (χ0n) is 12.9. The van der Waals surface area contributed by atoms with Crippen molar-refractivity contribution in [1.29, 1.82) is 0 Å². The minimum absolute atomic E-state index is 0.790. The van der Waals surface area contributed by atoms with Gasteiger partial charge in [-0.05, 0) is 25.6 Å². The normalized spacial score (nSPS) is 11.9. The molecule has 0 aliphatic heterocycles. The SMILES string of the molecule is CCCSc1nc(C)c(SC)n1OCC[Si](C)(C)C. The van der Waals surface area contributed by atoms with Crippen LogP contribution in [0.2, 0.25) is 25.7 Å². The molecule has 3 nitrogen and oxygen atoms in total. The van der Waals surface area contributed by atoms with E-state index in [0.717, 1.165) is 34.7 Å². The molecular weight excluding hydrogens is 292 g/mol. The molecule has 0 unspecified atom stereocenters. The molecule has 0 saturated carbocycles. The van der Waals surface area contributed by atoms with Gasteiger partial charge in [0.2, 0.25) is 5.16 Å². The predicted molar refractivity (Wildman–Crippen MR) is 89.4 cm³/mol. The molecule has 1 rings (SSSR count). The average Bonchev–Trinajstić information content (AvgIpc) is 2.61. The van der Waals surface area contributed by atoms with E-state index in [1.807, 2.05) is 4.73 Å². The lowest BCUT2D eigenvalue weighted by Crippen LogP contribution is -2.25. The molecule has 0 aromatic carbocycles. The Kier molecular flexibility index (Phi) is 6.83. The van der Waals surface area contributed by atoms with Gasteiger partial charge >= 0.3 is 0 Å². The maximum Gasteiger partial charge on any atom is 0.204 e. The minimum Gasteiger partial charge on any atom is -0.411 e. The Hall–Kier alpha value is -0.0731. The lowest BCUT2D eigenvalue weighted by molar-refractivity contribution is 0.0832. The first kappa shape index (κ1) is 17.0. The minimum atomic E-state index is -1.05. The highest BCUT2D eigenvalue weighted by Gasteiger charge is 2.17. The second-order valence-electron chi connectivity index (χ2n) is 5.78. The molecule has 0 aliphatic carbocycles. The van der Waals surface area contributed by atoms with E-state index in [-0.39, 0.29) is 0 Å². The van der Waals surface area contributed by atoms with Crippen molar-refractivity contribution in [3.05, 3.63) is 5.69 Å². The Labute approximate surface area is 126 Å². The fraction of sp³-hybridized carbons (Fsp3) is 0.769. The first-order valence-corrected chi connectivity index (χ1v) is 12.7. The van der Waals surface area contributed by atoms with Crippen molar-refractivity contribution in [2.24, 2.45) is 0 Å². The summed E-state index contributed by atoms with van der Waals surface area (Å²) in [6, 6.07) is 1.18. The van der Waals surface area contributed by atoms with Crippen LogP contribution in [0.25, 0.3) is 0 Å². The molecule has 0 N–H and O–H groups in total. The number of thioether (sulfide) groups is 2. The molecule has 1 aromatic rings.